The van der Waals surface area contributed by atoms with Crippen LogP contribution in [0.1, 0.15) is 33.1 Å². The summed E-state index contributed by atoms with van der Waals surface area (Å²) in [5, 5.41) is 8.99. The smallest absolute Gasteiger partial charge is 0.304 e. The van der Waals surface area contributed by atoms with Crippen molar-refractivity contribution in [3.05, 3.63) is 0 Å². The lowest BCUT2D eigenvalue weighted by atomic mass is 10.1. The van der Waals surface area contributed by atoms with Gasteiger partial charge >= 0.3 is 5.97 Å². The Hall–Kier alpha value is -0.610. The Morgan fingerprint density at radius 1 is 1.41 bits per heavy atom. The van der Waals surface area contributed by atoms with Crippen LogP contribution in [0.2, 0.25) is 0 Å². The van der Waals surface area contributed by atoms with Crippen LogP contribution >= 0.6 is 0 Å². The lowest BCUT2D eigenvalue weighted by Gasteiger charge is -2.30. The highest BCUT2D eigenvalue weighted by atomic mass is 16.4. The lowest BCUT2D eigenvalue weighted by molar-refractivity contribution is -0.138. The number of hydrogen-bond acceptors (Lipinski definition) is 3. The highest BCUT2D eigenvalue weighted by Gasteiger charge is 2.25. The molecule has 0 radical (unpaired) electrons. The predicted octanol–water partition coefficient (Wildman–Crippen LogP) is 1.51. The summed E-state index contributed by atoms with van der Waals surface area (Å²) in [6.07, 6.45) is 2.56. The lowest BCUT2D eigenvalue weighted by Crippen LogP contribution is -2.42. The van der Waals surface area contributed by atoms with Gasteiger partial charge in [-0.1, -0.05) is 13.8 Å². The zero-order chi connectivity index (χ0) is 12.8. The number of carbonyl (C=O) groups is 1. The number of hydrogen-bond donors (Lipinski definition) is 1. The predicted molar refractivity (Wildman–Crippen MR) is 69.2 cm³/mol. The van der Waals surface area contributed by atoms with E-state index < -0.39 is 5.97 Å². The van der Waals surface area contributed by atoms with Crippen molar-refractivity contribution in [1.82, 2.24) is 9.80 Å². The van der Waals surface area contributed by atoms with Crippen LogP contribution in [0.15, 0.2) is 0 Å². The first kappa shape index (κ1) is 14.5. The van der Waals surface area contributed by atoms with Gasteiger partial charge in [0.05, 0.1) is 6.42 Å². The van der Waals surface area contributed by atoms with E-state index in [-0.39, 0.29) is 12.5 Å². The molecule has 1 rings (SSSR count). The topological polar surface area (TPSA) is 43.8 Å². The van der Waals surface area contributed by atoms with E-state index in [4.69, 9.17) is 5.11 Å². The zero-order valence-corrected chi connectivity index (χ0v) is 11.4. The molecule has 1 saturated heterocycles. The number of carboxylic acids is 1. The van der Waals surface area contributed by atoms with Crippen molar-refractivity contribution in [1.29, 1.82) is 0 Å². The molecule has 1 heterocycles. The van der Waals surface area contributed by atoms with Gasteiger partial charge in [-0.15, -0.1) is 0 Å². The van der Waals surface area contributed by atoms with Crippen molar-refractivity contribution < 1.29 is 9.90 Å². The molecule has 0 aromatic rings. The summed E-state index contributed by atoms with van der Waals surface area (Å²) in [5.74, 6) is 0.00121. The Morgan fingerprint density at radius 3 is 2.71 bits per heavy atom. The molecule has 1 unspecified atom stereocenters. The van der Waals surface area contributed by atoms with Gasteiger partial charge in [0, 0.05) is 12.6 Å². The first-order valence-electron chi connectivity index (χ1n) is 6.63. The summed E-state index contributed by atoms with van der Waals surface area (Å²) >= 11 is 0. The Morgan fingerprint density at radius 2 is 2.12 bits per heavy atom. The number of aliphatic carboxylic acids is 1. The molecule has 0 bridgehead atoms. The number of nitrogens with zero attached hydrogens (tertiary/aromatic N) is 2. The van der Waals surface area contributed by atoms with E-state index in [0.29, 0.717) is 5.92 Å². The molecule has 4 heteroatoms. The minimum absolute atomic E-state index is 0.179. The first-order valence-corrected chi connectivity index (χ1v) is 6.63. The fourth-order valence-corrected chi connectivity index (χ4v) is 2.41. The third-order valence-electron chi connectivity index (χ3n) is 3.43. The van der Waals surface area contributed by atoms with E-state index in [1.165, 1.54) is 0 Å². The van der Waals surface area contributed by atoms with Crippen LogP contribution in [0.25, 0.3) is 0 Å². The molecule has 17 heavy (non-hydrogen) atoms. The SMILES string of the molecule is CC(C)CCN1CCCN(C)CC1CC(=O)O. The van der Waals surface area contributed by atoms with Gasteiger partial charge in [0.25, 0.3) is 0 Å². The molecule has 1 atom stereocenters. The number of rotatable bonds is 5. The molecule has 0 aromatic heterocycles. The van der Waals surface area contributed by atoms with E-state index in [1.807, 2.05) is 0 Å². The number of carboxylic acid groups (broad SMARTS) is 1. The minimum Gasteiger partial charge on any atom is -0.481 e. The summed E-state index contributed by atoms with van der Waals surface area (Å²) in [6.45, 7) is 8.46. The highest BCUT2D eigenvalue weighted by Crippen LogP contribution is 2.14. The van der Waals surface area contributed by atoms with Crippen LogP contribution in [0.4, 0.5) is 0 Å². The molecule has 100 valence electrons. The van der Waals surface area contributed by atoms with Crippen LogP contribution < -0.4 is 0 Å². The summed E-state index contributed by atoms with van der Waals surface area (Å²) in [4.78, 5) is 15.6. The maximum absolute atomic E-state index is 10.9. The van der Waals surface area contributed by atoms with Crippen molar-refractivity contribution >= 4 is 5.97 Å². The quantitative estimate of drug-likeness (QED) is 0.794. The summed E-state index contributed by atoms with van der Waals surface area (Å²) in [7, 11) is 2.08. The van der Waals surface area contributed by atoms with Gasteiger partial charge < -0.3 is 10.0 Å². The molecule has 1 aliphatic rings. The molecule has 0 saturated carbocycles. The van der Waals surface area contributed by atoms with E-state index in [9.17, 15) is 4.79 Å². The second-order valence-electron chi connectivity index (χ2n) is 5.59. The Labute approximate surface area is 105 Å². The Bertz CT molecular complexity index is 244. The first-order chi connectivity index (χ1) is 7.99. The van der Waals surface area contributed by atoms with Crippen LogP contribution in [-0.4, -0.2) is 60.1 Å². The largest absolute Gasteiger partial charge is 0.481 e. The number of likely N-dealkylation sites (N-methyl/N-ethyl adjacent to an activating group) is 1. The Balaban J connectivity index is 2.56. The molecule has 1 fully saturated rings. The molecule has 1 N–H and O–H groups in total. The van der Waals surface area contributed by atoms with Crippen molar-refractivity contribution in [2.45, 2.75) is 39.2 Å². The van der Waals surface area contributed by atoms with Gasteiger partial charge in [0.2, 0.25) is 0 Å². The third kappa shape index (κ3) is 5.50. The van der Waals surface area contributed by atoms with Gasteiger partial charge in [0.1, 0.15) is 0 Å². The average Bonchev–Trinajstić information content (AvgIpc) is 2.36. The van der Waals surface area contributed by atoms with Gasteiger partial charge in [0.15, 0.2) is 0 Å². The van der Waals surface area contributed by atoms with Crippen LogP contribution in [0.5, 0.6) is 0 Å². The summed E-state index contributed by atoms with van der Waals surface area (Å²) < 4.78 is 0. The molecule has 0 aromatic carbocycles. The molecular weight excluding hydrogens is 216 g/mol. The van der Waals surface area contributed by atoms with E-state index in [0.717, 1.165) is 39.0 Å². The molecule has 0 amide bonds. The van der Waals surface area contributed by atoms with Crippen molar-refractivity contribution in [2.24, 2.45) is 5.92 Å². The molecular formula is C13H26N2O2. The van der Waals surface area contributed by atoms with Gasteiger partial charge in [-0.25, -0.2) is 0 Å². The summed E-state index contributed by atoms with van der Waals surface area (Å²) in [5.41, 5.74) is 0. The monoisotopic (exact) mass is 242 g/mol. The fraction of sp³-hybridized carbons (Fsp3) is 0.923. The molecule has 1 aliphatic heterocycles. The second kappa shape index (κ2) is 6.97. The molecule has 4 nitrogen and oxygen atoms in total. The molecule has 0 aliphatic carbocycles. The van der Waals surface area contributed by atoms with Crippen LogP contribution in [0, 0.1) is 5.92 Å². The van der Waals surface area contributed by atoms with Crippen LogP contribution in [-0.2, 0) is 4.79 Å². The van der Waals surface area contributed by atoms with E-state index >= 15 is 0 Å². The second-order valence-corrected chi connectivity index (χ2v) is 5.59. The van der Waals surface area contributed by atoms with Gasteiger partial charge in [-0.3, -0.25) is 9.69 Å². The van der Waals surface area contributed by atoms with Gasteiger partial charge in [-0.2, -0.15) is 0 Å². The third-order valence-corrected chi connectivity index (χ3v) is 3.43. The van der Waals surface area contributed by atoms with Crippen molar-refractivity contribution in [3.8, 4) is 0 Å². The summed E-state index contributed by atoms with van der Waals surface area (Å²) in [6, 6.07) is 0.179. The minimum atomic E-state index is -0.681. The fourth-order valence-electron chi connectivity index (χ4n) is 2.41. The Kier molecular flexibility index (Phi) is 5.92. The van der Waals surface area contributed by atoms with E-state index in [2.05, 4.69) is 30.7 Å². The highest BCUT2D eigenvalue weighted by molar-refractivity contribution is 5.67. The van der Waals surface area contributed by atoms with Gasteiger partial charge in [-0.05, 0) is 45.4 Å². The standard InChI is InChI=1S/C13H26N2O2/c1-11(2)5-8-15-7-4-6-14(3)10-12(15)9-13(16)17/h11-12H,4-10H2,1-3H3,(H,16,17). The molecule has 0 spiro atoms. The van der Waals surface area contributed by atoms with Crippen molar-refractivity contribution in [2.75, 3.05) is 33.2 Å². The zero-order valence-electron chi connectivity index (χ0n) is 11.4. The normalized spacial score (nSPS) is 23.9. The van der Waals surface area contributed by atoms with Crippen LogP contribution in [0.3, 0.4) is 0 Å². The maximum atomic E-state index is 10.9. The maximum Gasteiger partial charge on any atom is 0.304 e. The van der Waals surface area contributed by atoms with Crippen molar-refractivity contribution in [3.63, 3.8) is 0 Å². The average molecular weight is 242 g/mol. The van der Waals surface area contributed by atoms with E-state index in [1.54, 1.807) is 0 Å².